The molecule has 0 saturated heterocycles. The third-order valence-electron chi connectivity index (χ3n) is 3.21. The Bertz CT molecular complexity index is 719. The normalized spacial score (nSPS) is 11.9. The van der Waals surface area contributed by atoms with E-state index >= 15 is 0 Å². The zero-order valence-electron chi connectivity index (χ0n) is 11.3. The Labute approximate surface area is 120 Å². The van der Waals surface area contributed by atoms with Crippen LogP contribution in [-0.4, -0.2) is 4.21 Å². The molecule has 0 radical (unpaired) electrons. The van der Waals surface area contributed by atoms with Gasteiger partial charge >= 0.3 is 0 Å². The molecule has 2 nitrogen and oxygen atoms in total. The van der Waals surface area contributed by atoms with Crippen molar-refractivity contribution in [1.29, 1.82) is 5.26 Å². The Morgan fingerprint density at radius 3 is 2.50 bits per heavy atom. The molecule has 0 bridgehead atoms. The van der Waals surface area contributed by atoms with Gasteiger partial charge in [-0.25, -0.2) is 4.39 Å². The zero-order chi connectivity index (χ0) is 14.7. The van der Waals surface area contributed by atoms with E-state index in [-0.39, 0.29) is 11.3 Å². The highest BCUT2D eigenvalue weighted by Gasteiger charge is 2.10. The molecule has 1 unspecified atom stereocenters. The van der Waals surface area contributed by atoms with Gasteiger partial charge in [0.15, 0.2) is 0 Å². The van der Waals surface area contributed by atoms with Crippen LogP contribution in [-0.2, 0) is 16.6 Å². The largest absolute Gasteiger partial charge is 0.254 e. The number of nitrogens with zero attached hydrogens (tertiary/aromatic N) is 1. The molecule has 0 N–H and O–H groups in total. The molecule has 4 heteroatoms. The summed E-state index contributed by atoms with van der Waals surface area (Å²) in [5.41, 5.74) is 2.83. The van der Waals surface area contributed by atoms with Crippen LogP contribution in [0.3, 0.4) is 0 Å². The van der Waals surface area contributed by atoms with E-state index in [1.807, 2.05) is 32.0 Å². The van der Waals surface area contributed by atoms with Gasteiger partial charge < -0.3 is 0 Å². The predicted octanol–water partition coefficient (Wildman–Crippen LogP) is 3.62. The molecule has 0 saturated carbocycles. The van der Waals surface area contributed by atoms with Crippen molar-refractivity contribution in [2.24, 2.45) is 0 Å². The number of rotatable bonds is 3. The van der Waals surface area contributed by atoms with Crippen molar-refractivity contribution in [3.63, 3.8) is 0 Å². The van der Waals surface area contributed by atoms with Gasteiger partial charge in [-0.05, 0) is 49.2 Å². The molecular formula is C16H14FNOS. The van der Waals surface area contributed by atoms with Crippen LogP contribution in [0.1, 0.15) is 22.3 Å². The lowest BCUT2D eigenvalue weighted by molar-refractivity contribution is 0.614. The predicted molar refractivity (Wildman–Crippen MR) is 77.1 cm³/mol. The summed E-state index contributed by atoms with van der Waals surface area (Å²) in [7, 11) is -1.29. The monoisotopic (exact) mass is 287 g/mol. The van der Waals surface area contributed by atoms with E-state index in [9.17, 15) is 8.60 Å². The summed E-state index contributed by atoms with van der Waals surface area (Å²) in [6, 6.07) is 11.7. The molecule has 0 fully saturated rings. The standard InChI is InChI=1S/C16H14FNOS/c1-11-3-6-15(7-12(11)2)20(19)10-14-5-4-13(9-18)8-16(14)17/h3-8H,10H2,1-2H3. The molecule has 0 heterocycles. The van der Waals surface area contributed by atoms with Crippen molar-refractivity contribution in [2.75, 3.05) is 0 Å². The average molecular weight is 287 g/mol. The highest BCUT2D eigenvalue weighted by molar-refractivity contribution is 7.84. The lowest BCUT2D eigenvalue weighted by Gasteiger charge is -2.07. The van der Waals surface area contributed by atoms with Crippen LogP contribution in [0.4, 0.5) is 4.39 Å². The minimum atomic E-state index is -1.29. The summed E-state index contributed by atoms with van der Waals surface area (Å²) < 4.78 is 26.0. The van der Waals surface area contributed by atoms with Crippen LogP contribution < -0.4 is 0 Å². The number of hydrogen-bond acceptors (Lipinski definition) is 2. The topological polar surface area (TPSA) is 40.9 Å². The van der Waals surface area contributed by atoms with E-state index in [2.05, 4.69) is 0 Å². The number of nitriles is 1. The molecule has 1 atom stereocenters. The van der Waals surface area contributed by atoms with Crippen molar-refractivity contribution >= 4 is 10.8 Å². The second-order valence-corrected chi connectivity index (χ2v) is 6.11. The first-order valence-electron chi connectivity index (χ1n) is 6.15. The first-order chi connectivity index (χ1) is 9.51. The molecule has 2 aromatic rings. The van der Waals surface area contributed by atoms with Crippen molar-refractivity contribution in [3.05, 3.63) is 64.5 Å². The number of aryl methyl sites for hydroxylation is 2. The van der Waals surface area contributed by atoms with E-state index < -0.39 is 16.6 Å². The number of hydrogen-bond donors (Lipinski definition) is 0. The second kappa shape index (κ2) is 5.98. The maximum atomic E-state index is 13.8. The summed E-state index contributed by atoms with van der Waals surface area (Å²) in [6.07, 6.45) is 0. The van der Waals surface area contributed by atoms with Crippen LogP contribution in [0.25, 0.3) is 0 Å². The van der Waals surface area contributed by atoms with E-state index in [4.69, 9.17) is 5.26 Å². The van der Waals surface area contributed by atoms with Gasteiger partial charge in [-0.2, -0.15) is 5.26 Å². The van der Waals surface area contributed by atoms with Gasteiger partial charge in [0.25, 0.3) is 0 Å². The van der Waals surface area contributed by atoms with E-state index in [0.29, 0.717) is 10.5 Å². The molecular weight excluding hydrogens is 273 g/mol. The fourth-order valence-corrected chi connectivity index (χ4v) is 3.03. The van der Waals surface area contributed by atoms with Gasteiger partial charge in [0, 0.05) is 10.5 Å². The van der Waals surface area contributed by atoms with Gasteiger partial charge in [-0.3, -0.25) is 4.21 Å². The molecule has 0 aliphatic carbocycles. The molecule has 0 aliphatic heterocycles. The molecule has 0 aliphatic rings. The Balaban J connectivity index is 2.23. The van der Waals surface area contributed by atoms with Crippen LogP contribution in [0.15, 0.2) is 41.3 Å². The quantitative estimate of drug-likeness (QED) is 0.865. The van der Waals surface area contributed by atoms with Crippen LogP contribution in [0.5, 0.6) is 0 Å². The van der Waals surface area contributed by atoms with Crippen molar-refractivity contribution < 1.29 is 8.60 Å². The maximum absolute atomic E-state index is 13.8. The minimum Gasteiger partial charge on any atom is -0.254 e. The molecule has 0 amide bonds. The SMILES string of the molecule is Cc1ccc(S(=O)Cc2ccc(C#N)cc2F)cc1C. The van der Waals surface area contributed by atoms with Crippen LogP contribution in [0, 0.1) is 31.0 Å². The van der Waals surface area contributed by atoms with E-state index in [0.717, 1.165) is 11.1 Å². The smallest absolute Gasteiger partial charge is 0.128 e. The zero-order valence-corrected chi connectivity index (χ0v) is 12.1. The Morgan fingerprint density at radius 1 is 1.15 bits per heavy atom. The number of benzene rings is 2. The number of halogens is 1. The first-order valence-corrected chi connectivity index (χ1v) is 7.47. The molecule has 20 heavy (non-hydrogen) atoms. The lowest BCUT2D eigenvalue weighted by Crippen LogP contribution is -2.00. The Hall–Kier alpha value is -1.99. The highest BCUT2D eigenvalue weighted by Crippen LogP contribution is 2.18. The van der Waals surface area contributed by atoms with E-state index in [1.165, 1.54) is 18.2 Å². The van der Waals surface area contributed by atoms with Crippen molar-refractivity contribution in [3.8, 4) is 6.07 Å². The summed E-state index contributed by atoms with van der Waals surface area (Å²) in [6.45, 7) is 3.95. The minimum absolute atomic E-state index is 0.111. The molecule has 0 aromatic heterocycles. The van der Waals surface area contributed by atoms with Crippen LogP contribution in [0.2, 0.25) is 0 Å². The third kappa shape index (κ3) is 3.12. The van der Waals surface area contributed by atoms with Gasteiger partial charge in [0.1, 0.15) is 5.82 Å². The second-order valence-electron chi connectivity index (χ2n) is 4.65. The third-order valence-corrected chi connectivity index (χ3v) is 4.56. The average Bonchev–Trinajstić information content (AvgIpc) is 2.43. The van der Waals surface area contributed by atoms with Crippen molar-refractivity contribution in [1.82, 2.24) is 0 Å². The molecule has 102 valence electrons. The van der Waals surface area contributed by atoms with Gasteiger partial charge in [-0.1, -0.05) is 12.1 Å². The lowest BCUT2D eigenvalue weighted by atomic mass is 10.1. The Morgan fingerprint density at radius 2 is 1.90 bits per heavy atom. The molecule has 2 aromatic carbocycles. The first kappa shape index (κ1) is 14.4. The molecule has 0 spiro atoms. The summed E-state index contributed by atoms with van der Waals surface area (Å²) >= 11 is 0. The van der Waals surface area contributed by atoms with Gasteiger partial charge in [0.05, 0.1) is 28.2 Å². The maximum Gasteiger partial charge on any atom is 0.128 e. The van der Waals surface area contributed by atoms with Gasteiger partial charge in [0.2, 0.25) is 0 Å². The summed E-state index contributed by atoms with van der Waals surface area (Å²) in [5, 5.41) is 8.69. The van der Waals surface area contributed by atoms with E-state index in [1.54, 1.807) is 6.07 Å². The highest BCUT2D eigenvalue weighted by atomic mass is 32.2. The van der Waals surface area contributed by atoms with Crippen molar-refractivity contribution in [2.45, 2.75) is 24.5 Å². The Kier molecular flexibility index (Phi) is 4.31. The van der Waals surface area contributed by atoms with Gasteiger partial charge in [-0.15, -0.1) is 0 Å². The fourth-order valence-electron chi connectivity index (χ4n) is 1.81. The summed E-state index contributed by atoms with van der Waals surface area (Å²) in [4.78, 5) is 0.692. The summed E-state index contributed by atoms with van der Waals surface area (Å²) in [5.74, 6) is -0.374. The fraction of sp³-hybridized carbons (Fsp3) is 0.188. The molecule has 2 rings (SSSR count). The van der Waals surface area contributed by atoms with Crippen LogP contribution >= 0.6 is 0 Å².